The van der Waals surface area contributed by atoms with Crippen LogP contribution in [0.5, 0.6) is 5.75 Å². The Kier molecular flexibility index (Phi) is 2.79. The fourth-order valence-corrected chi connectivity index (χ4v) is 3.04. The number of benzene rings is 1. The van der Waals surface area contributed by atoms with Gasteiger partial charge in [-0.1, -0.05) is 26.8 Å². The van der Waals surface area contributed by atoms with Crippen molar-refractivity contribution in [2.75, 3.05) is 38.2 Å². The fraction of sp³-hybridized carbons (Fsp3) is 0.625. The van der Waals surface area contributed by atoms with E-state index in [0.29, 0.717) is 5.41 Å². The molecule has 0 aromatic heterocycles. The number of nitrogens with zero attached hydrogens (tertiary/aromatic N) is 1. The van der Waals surface area contributed by atoms with Crippen LogP contribution in [0.25, 0.3) is 0 Å². The molecule has 0 atom stereocenters. The second-order valence-electron chi connectivity index (χ2n) is 7.10. The first-order valence-electron chi connectivity index (χ1n) is 7.08. The Morgan fingerprint density at radius 1 is 1.21 bits per heavy atom. The van der Waals surface area contributed by atoms with Gasteiger partial charge >= 0.3 is 0 Å². The topological polar surface area (TPSA) is 24.5 Å². The van der Waals surface area contributed by atoms with Crippen LogP contribution in [0.2, 0.25) is 0 Å². The largest absolute Gasteiger partial charge is 0.495 e. The molecule has 0 aliphatic carbocycles. The van der Waals surface area contributed by atoms with Crippen molar-refractivity contribution < 1.29 is 4.74 Å². The molecule has 1 aromatic rings. The first kappa shape index (κ1) is 12.8. The highest BCUT2D eigenvalue weighted by molar-refractivity contribution is 5.62. The first-order valence-corrected chi connectivity index (χ1v) is 7.08. The molecule has 3 nitrogen and oxygen atoms in total. The smallest absolute Gasteiger partial charge is 0.142 e. The number of hydrogen-bond acceptors (Lipinski definition) is 3. The minimum atomic E-state index is 0.167. The summed E-state index contributed by atoms with van der Waals surface area (Å²) in [7, 11) is 1.77. The van der Waals surface area contributed by atoms with E-state index in [1.165, 1.54) is 24.3 Å². The molecule has 2 saturated heterocycles. The van der Waals surface area contributed by atoms with Gasteiger partial charge in [-0.05, 0) is 23.1 Å². The second-order valence-corrected chi connectivity index (χ2v) is 7.10. The summed E-state index contributed by atoms with van der Waals surface area (Å²) < 4.78 is 5.60. The van der Waals surface area contributed by atoms with Gasteiger partial charge in [0.2, 0.25) is 0 Å². The summed E-state index contributed by atoms with van der Waals surface area (Å²) in [5.74, 6) is 1.01. The lowest BCUT2D eigenvalue weighted by molar-refractivity contribution is 0.120. The Hall–Kier alpha value is -1.22. The summed E-state index contributed by atoms with van der Waals surface area (Å²) in [6.45, 7) is 11.4. The molecule has 1 spiro atoms. The third-order valence-electron chi connectivity index (χ3n) is 4.44. The van der Waals surface area contributed by atoms with E-state index in [0.717, 1.165) is 18.8 Å². The SMILES string of the molecule is COc1cc(C(C)(C)C)ccc1N1CC2(CNC2)C1. The maximum Gasteiger partial charge on any atom is 0.142 e. The summed E-state index contributed by atoms with van der Waals surface area (Å²) in [6.07, 6.45) is 0. The lowest BCUT2D eigenvalue weighted by Gasteiger charge is -2.57. The zero-order valence-corrected chi connectivity index (χ0v) is 12.4. The summed E-state index contributed by atoms with van der Waals surface area (Å²) in [5, 5.41) is 3.38. The maximum atomic E-state index is 5.60. The van der Waals surface area contributed by atoms with Gasteiger partial charge in [0, 0.05) is 31.6 Å². The number of ether oxygens (including phenoxy) is 1. The molecular formula is C16H24N2O. The molecule has 1 N–H and O–H groups in total. The predicted molar refractivity (Wildman–Crippen MR) is 79.2 cm³/mol. The van der Waals surface area contributed by atoms with Gasteiger partial charge in [-0.25, -0.2) is 0 Å². The van der Waals surface area contributed by atoms with Crippen molar-refractivity contribution in [1.82, 2.24) is 5.32 Å². The van der Waals surface area contributed by atoms with Gasteiger partial charge in [-0.3, -0.25) is 0 Å². The average molecular weight is 260 g/mol. The van der Waals surface area contributed by atoms with E-state index >= 15 is 0 Å². The normalized spacial score (nSPS) is 20.9. The molecular weight excluding hydrogens is 236 g/mol. The number of methoxy groups -OCH3 is 1. The van der Waals surface area contributed by atoms with Crippen LogP contribution in [0.3, 0.4) is 0 Å². The van der Waals surface area contributed by atoms with Gasteiger partial charge in [0.15, 0.2) is 0 Å². The third-order valence-corrected chi connectivity index (χ3v) is 4.44. The van der Waals surface area contributed by atoms with Gasteiger partial charge in [-0.2, -0.15) is 0 Å². The zero-order valence-electron chi connectivity index (χ0n) is 12.4. The van der Waals surface area contributed by atoms with Crippen LogP contribution in [0, 0.1) is 5.41 Å². The minimum absolute atomic E-state index is 0.167. The van der Waals surface area contributed by atoms with Gasteiger partial charge in [0.05, 0.1) is 12.8 Å². The van der Waals surface area contributed by atoms with E-state index in [9.17, 15) is 0 Å². The lowest BCUT2D eigenvalue weighted by Crippen LogP contribution is -2.71. The van der Waals surface area contributed by atoms with Crippen molar-refractivity contribution in [3.63, 3.8) is 0 Å². The molecule has 2 heterocycles. The fourth-order valence-electron chi connectivity index (χ4n) is 3.04. The van der Waals surface area contributed by atoms with Crippen LogP contribution in [0.1, 0.15) is 26.3 Å². The maximum absolute atomic E-state index is 5.60. The molecule has 0 saturated carbocycles. The van der Waals surface area contributed by atoms with Gasteiger partial charge in [0.1, 0.15) is 5.75 Å². The van der Waals surface area contributed by atoms with Crippen LogP contribution in [-0.2, 0) is 5.41 Å². The van der Waals surface area contributed by atoms with E-state index in [4.69, 9.17) is 4.74 Å². The van der Waals surface area contributed by atoms with E-state index < -0.39 is 0 Å². The van der Waals surface area contributed by atoms with Crippen LogP contribution in [0.4, 0.5) is 5.69 Å². The molecule has 0 radical (unpaired) electrons. The van der Waals surface area contributed by atoms with Crippen LogP contribution < -0.4 is 15.0 Å². The van der Waals surface area contributed by atoms with Gasteiger partial charge < -0.3 is 15.0 Å². The Morgan fingerprint density at radius 2 is 1.89 bits per heavy atom. The van der Waals surface area contributed by atoms with E-state index in [1.807, 2.05) is 0 Å². The molecule has 3 heteroatoms. The van der Waals surface area contributed by atoms with E-state index in [1.54, 1.807) is 7.11 Å². The highest BCUT2D eigenvalue weighted by Crippen LogP contribution is 2.42. The Labute approximate surface area is 115 Å². The summed E-state index contributed by atoms with van der Waals surface area (Å²) in [6, 6.07) is 6.65. The molecule has 19 heavy (non-hydrogen) atoms. The Morgan fingerprint density at radius 3 is 2.37 bits per heavy atom. The molecule has 0 amide bonds. The lowest BCUT2D eigenvalue weighted by atomic mass is 9.74. The Bertz CT molecular complexity index is 478. The monoisotopic (exact) mass is 260 g/mol. The molecule has 0 bridgehead atoms. The van der Waals surface area contributed by atoms with Crippen molar-refractivity contribution in [2.45, 2.75) is 26.2 Å². The first-order chi connectivity index (χ1) is 8.93. The number of hydrogen-bond donors (Lipinski definition) is 1. The van der Waals surface area contributed by atoms with E-state index in [2.05, 4.69) is 49.2 Å². The average Bonchev–Trinajstić information content (AvgIpc) is 2.24. The number of nitrogens with one attached hydrogen (secondary N) is 1. The molecule has 2 aliphatic rings. The van der Waals surface area contributed by atoms with Crippen molar-refractivity contribution in [3.8, 4) is 5.75 Å². The van der Waals surface area contributed by atoms with Crippen molar-refractivity contribution in [3.05, 3.63) is 23.8 Å². The highest BCUT2D eigenvalue weighted by atomic mass is 16.5. The minimum Gasteiger partial charge on any atom is -0.495 e. The van der Waals surface area contributed by atoms with Crippen LogP contribution in [-0.4, -0.2) is 33.3 Å². The highest BCUT2D eigenvalue weighted by Gasteiger charge is 2.48. The standard InChI is InChI=1S/C16H24N2O/c1-15(2,3)12-5-6-13(14(7-12)19-4)18-10-16(11-18)8-17-9-16/h5-7,17H,8-11H2,1-4H3. The molecule has 1 aromatic carbocycles. The van der Waals surface area contributed by atoms with Crippen molar-refractivity contribution >= 4 is 5.69 Å². The molecule has 0 unspecified atom stereocenters. The van der Waals surface area contributed by atoms with Crippen molar-refractivity contribution in [1.29, 1.82) is 0 Å². The summed E-state index contributed by atoms with van der Waals surface area (Å²) >= 11 is 0. The zero-order chi connectivity index (χ0) is 13.7. The van der Waals surface area contributed by atoms with E-state index in [-0.39, 0.29) is 5.41 Å². The molecule has 2 aliphatic heterocycles. The molecule has 2 fully saturated rings. The van der Waals surface area contributed by atoms with Gasteiger partial charge in [0.25, 0.3) is 0 Å². The number of rotatable bonds is 2. The third kappa shape index (κ3) is 2.10. The van der Waals surface area contributed by atoms with Crippen molar-refractivity contribution in [2.24, 2.45) is 5.41 Å². The van der Waals surface area contributed by atoms with Crippen LogP contribution >= 0.6 is 0 Å². The van der Waals surface area contributed by atoms with Gasteiger partial charge in [-0.15, -0.1) is 0 Å². The molecule has 104 valence electrons. The molecule has 3 rings (SSSR count). The quantitative estimate of drug-likeness (QED) is 0.883. The predicted octanol–water partition coefficient (Wildman–Crippen LogP) is 2.40. The van der Waals surface area contributed by atoms with Crippen LogP contribution in [0.15, 0.2) is 18.2 Å². The second kappa shape index (κ2) is 4.14. The number of anilines is 1. The summed E-state index contributed by atoms with van der Waals surface area (Å²) in [5.41, 5.74) is 3.29. The Balaban J connectivity index is 1.82. The summed E-state index contributed by atoms with van der Waals surface area (Å²) in [4.78, 5) is 2.44.